The summed E-state index contributed by atoms with van der Waals surface area (Å²) in [4.78, 5) is 23.1. The van der Waals surface area contributed by atoms with Gasteiger partial charge in [-0.1, -0.05) is 12.1 Å². The third-order valence-corrected chi connectivity index (χ3v) is 3.35. The first kappa shape index (κ1) is 14.8. The lowest BCUT2D eigenvalue weighted by Crippen LogP contribution is -2.28. The van der Waals surface area contributed by atoms with Gasteiger partial charge >= 0.3 is 5.97 Å². The van der Waals surface area contributed by atoms with Crippen molar-refractivity contribution >= 4 is 17.6 Å². The van der Waals surface area contributed by atoms with Gasteiger partial charge in [-0.2, -0.15) is 5.10 Å². The van der Waals surface area contributed by atoms with E-state index in [-0.39, 0.29) is 5.91 Å². The van der Waals surface area contributed by atoms with Crippen LogP contribution in [0.15, 0.2) is 36.5 Å². The third kappa shape index (κ3) is 3.10. The highest BCUT2D eigenvalue weighted by atomic mass is 16.4. The summed E-state index contributed by atoms with van der Waals surface area (Å²) in [6, 6.07) is 8.38. The van der Waals surface area contributed by atoms with Crippen molar-refractivity contribution in [3.05, 3.63) is 47.8 Å². The van der Waals surface area contributed by atoms with Gasteiger partial charge in [0.2, 0.25) is 0 Å². The van der Waals surface area contributed by atoms with Gasteiger partial charge in [-0.15, -0.1) is 0 Å². The number of rotatable bonds is 4. The van der Waals surface area contributed by atoms with Crippen molar-refractivity contribution in [3.8, 4) is 0 Å². The Balaban J connectivity index is 2.13. The molecule has 1 heterocycles. The Bertz CT molecular complexity index is 672. The molecule has 1 amide bonds. The number of anilines is 1. The van der Waals surface area contributed by atoms with Gasteiger partial charge in [0, 0.05) is 18.9 Å². The summed E-state index contributed by atoms with van der Waals surface area (Å²) in [6.45, 7) is 3.27. The Morgan fingerprint density at radius 3 is 2.29 bits per heavy atom. The minimum absolute atomic E-state index is 0.305. The first-order valence-corrected chi connectivity index (χ1v) is 6.45. The van der Waals surface area contributed by atoms with Crippen molar-refractivity contribution in [1.29, 1.82) is 0 Å². The summed E-state index contributed by atoms with van der Waals surface area (Å²) in [5.74, 6) is -1.20. The topological polar surface area (TPSA) is 84.2 Å². The van der Waals surface area contributed by atoms with Gasteiger partial charge in [-0.05, 0) is 37.6 Å². The highest BCUT2D eigenvalue weighted by Gasteiger charge is 2.29. The minimum Gasteiger partial charge on any atom is -0.481 e. The molecule has 0 saturated heterocycles. The van der Waals surface area contributed by atoms with E-state index in [0.717, 1.165) is 0 Å². The molecular formula is C15H17N3O3. The van der Waals surface area contributed by atoms with Gasteiger partial charge in [0.15, 0.2) is 5.69 Å². The molecule has 2 N–H and O–H groups in total. The minimum atomic E-state index is -0.969. The number of amides is 1. The van der Waals surface area contributed by atoms with E-state index < -0.39 is 11.4 Å². The van der Waals surface area contributed by atoms with E-state index in [1.54, 1.807) is 62.1 Å². The van der Waals surface area contributed by atoms with E-state index in [4.69, 9.17) is 0 Å². The van der Waals surface area contributed by atoms with Crippen LogP contribution >= 0.6 is 0 Å². The number of nitrogens with zero attached hydrogens (tertiary/aromatic N) is 2. The summed E-state index contributed by atoms with van der Waals surface area (Å²) in [5.41, 5.74) is 0.623. The van der Waals surface area contributed by atoms with Crippen LogP contribution < -0.4 is 5.32 Å². The maximum atomic E-state index is 11.9. The molecule has 6 nitrogen and oxygen atoms in total. The summed E-state index contributed by atoms with van der Waals surface area (Å²) in [7, 11) is 1.74. The van der Waals surface area contributed by atoms with Crippen LogP contribution in [0.4, 0.5) is 5.69 Å². The zero-order valence-corrected chi connectivity index (χ0v) is 12.1. The standard InChI is InChI=1S/C15H17N3O3/c1-15(2,14(20)21)10-4-6-11(7-5-10)16-13(19)12-8-9-18(3)17-12/h4-9H,1-3H3,(H,16,19)(H,20,21). The van der Waals surface area contributed by atoms with E-state index in [1.807, 2.05) is 0 Å². The van der Waals surface area contributed by atoms with E-state index in [9.17, 15) is 14.7 Å². The van der Waals surface area contributed by atoms with Crippen molar-refractivity contribution in [2.24, 2.45) is 7.05 Å². The molecule has 0 atom stereocenters. The zero-order chi connectivity index (χ0) is 15.6. The van der Waals surface area contributed by atoms with Crippen LogP contribution in [-0.2, 0) is 17.3 Å². The Morgan fingerprint density at radius 1 is 1.19 bits per heavy atom. The average Bonchev–Trinajstić information content (AvgIpc) is 2.86. The van der Waals surface area contributed by atoms with Gasteiger partial charge in [0.1, 0.15) is 0 Å². The van der Waals surface area contributed by atoms with Crippen LogP contribution in [0, 0.1) is 0 Å². The first-order valence-electron chi connectivity index (χ1n) is 6.45. The molecule has 2 aromatic rings. The monoisotopic (exact) mass is 287 g/mol. The maximum absolute atomic E-state index is 11.9. The fraction of sp³-hybridized carbons (Fsp3) is 0.267. The molecule has 0 spiro atoms. The number of hydrogen-bond acceptors (Lipinski definition) is 3. The predicted octanol–water partition coefficient (Wildman–Crippen LogP) is 2.03. The molecule has 110 valence electrons. The van der Waals surface area contributed by atoms with Gasteiger partial charge in [0.25, 0.3) is 5.91 Å². The molecule has 0 saturated carbocycles. The quantitative estimate of drug-likeness (QED) is 0.901. The number of carbonyl (C=O) groups is 2. The predicted molar refractivity (Wildman–Crippen MR) is 78.3 cm³/mol. The number of carboxylic acid groups (broad SMARTS) is 1. The van der Waals surface area contributed by atoms with E-state index in [1.165, 1.54) is 0 Å². The normalized spacial score (nSPS) is 11.2. The molecule has 0 unspecified atom stereocenters. The van der Waals surface area contributed by atoms with Crippen LogP contribution in [0.3, 0.4) is 0 Å². The lowest BCUT2D eigenvalue weighted by atomic mass is 9.85. The number of benzene rings is 1. The molecule has 1 aromatic heterocycles. The van der Waals surface area contributed by atoms with Crippen LogP contribution in [-0.4, -0.2) is 26.8 Å². The van der Waals surface area contributed by atoms with Crippen LogP contribution in [0.25, 0.3) is 0 Å². The third-order valence-electron chi connectivity index (χ3n) is 3.35. The molecule has 6 heteroatoms. The van der Waals surface area contributed by atoms with Crippen molar-refractivity contribution < 1.29 is 14.7 Å². The molecule has 0 aliphatic rings. The number of carbonyl (C=O) groups excluding carboxylic acids is 1. The molecule has 2 rings (SSSR count). The lowest BCUT2D eigenvalue weighted by Gasteiger charge is -2.19. The summed E-state index contributed by atoms with van der Waals surface area (Å²) < 4.78 is 1.55. The second-order valence-corrected chi connectivity index (χ2v) is 5.34. The highest BCUT2D eigenvalue weighted by Crippen LogP contribution is 2.24. The van der Waals surface area contributed by atoms with Crippen molar-refractivity contribution in [3.63, 3.8) is 0 Å². The molecule has 0 bridgehead atoms. The van der Waals surface area contributed by atoms with Crippen molar-refractivity contribution in [1.82, 2.24) is 9.78 Å². The number of aromatic nitrogens is 2. The summed E-state index contributed by atoms with van der Waals surface area (Å²) >= 11 is 0. The Kier molecular flexibility index (Phi) is 3.80. The Hall–Kier alpha value is -2.63. The van der Waals surface area contributed by atoms with Gasteiger partial charge in [-0.25, -0.2) is 0 Å². The number of hydrogen-bond donors (Lipinski definition) is 2. The van der Waals surface area contributed by atoms with Crippen LogP contribution in [0.5, 0.6) is 0 Å². The highest BCUT2D eigenvalue weighted by molar-refractivity contribution is 6.02. The number of aliphatic carboxylic acids is 1. The Morgan fingerprint density at radius 2 is 1.81 bits per heavy atom. The number of aryl methyl sites for hydroxylation is 1. The molecule has 0 aliphatic carbocycles. The van der Waals surface area contributed by atoms with E-state index in [2.05, 4.69) is 10.4 Å². The van der Waals surface area contributed by atoms with Crippen molar-refractivity contribution in [2.75, 3.05) is 5.32 Å². The molecular weight excluding hydrogens is 270 g/mol. The van der Waals surface area contributed by atoms with Gasteiger partial charge in [-0.3, -0.25) is 14.3 Å². The second kappa shape index (κ2) is 5.40. The molecule has 0 aliphatic heterocycles. The summed E-state index contributed by atoms with van der Waals surface area (Å²) in [6.07, 6.45) is 1.69. The molecule has 0 radical (unpaired) electrons. The van der Waals surface area contributed by atoms with E-state index in [0.29, 0.717) is 16.9 Å². The van der Waals surface area contributed by atoms with E-state index >= 15 is 0 Å². The molecule has 0 fully saturated rings. The van der Waals surface area contributed by atoms with Crippen molar-refractivity contribution in [2.45, 2.75) is 19.3 Å². The van der Waals surface area contributed by atoms with Crippen LogP contribution in [0.2, 0.25) is 0 Å². The smallest absolute Gasteiger partial charge is 0.313 e. The second-order valence-electron chi connectivity index (χ2n) is 5.34. The number of nitrogens with one attached hydrogen (secondary N) is 1. The van der Waals surface area contributed by atoms with Crippen LogP contribution in [0.1, 0.15) is 29.9 Å². The summed E-state index contributed by atoms with van der Waals surface area (Å²) in [5, 5.41) is 15.9. The maximum Gasteiger partial charge on any atom is 0.313 e. The zero-order valence-electron chi connectivity index (χ0n) is 12.1. The fourth-order valence-corrected chi connectivity index (χ4v) is 1.83. The number of carboxylic acids is 1. The average molecular weight is 287 g/mol. The lowest BCUT2D eigenvalue weighted by molar-refractivity contribution is -0.142. The first-order chi connectivity index (χ1) is 9.80. The SMILES string of the molecule is Cn1ccc(C(=O)Nc2ccc(C(C)(C)C(=O)O)cc2)n1. The Labute approximate surface area is 122 Å². The molecule has 1 aromatic carbocycles. The van der Waals surface area contributed by atoms with Gasteiger partial charge in [0.05, 0.1) is 5.41 Å². The fourth-order valence-electron chi connectivity index (χ4n) is 1.83. The molecule has 21 heavy (non-hydrogen) atoms. The van der Waals surface area contributed by atoms with Gasteiger partial charge < -0.3 is 10.4 Å². The largest absolute Gasteiger partial charge is 0.481 e.